The molecule has 1 saturated heterocycles. The summed E-state index contributed by atoms with van der Waals surface area (Å²) < 4.78 is 14.1. The third kappa shape index (κ3) is 3.07. The van der Waals surface area contributed by atoms with Gasteiger partial charge in [0.2, 0.25) is 0 Å². The molecule has 0 bridgehead atoms. The first-order valence-corrected chi connectivity index (χ1v) is 8.00. The molecule has 2 N–H and O–H groups in total. The molecule has 0 radical (unpaired) electrons. The van der Waals surface area contributed by atoms with Gasteiger partial charge in [-0.15, -0.1) is 0 Å². The van der Waals surface area contributed by atoms with Crippen molar-refractivity contribution in [1.82, 2.24) is 4.90 Å². The Balaban J connectivity index is 2.34. The van der Waals surface area contributed by atoms with Gasteiger partial charge in [0.25, 0.3) is 0 Å². The van der Waals surface area contributed by atoms with Gasteiger partial charge in [-0.05, 0) is 19.1 Å². The summed E-state index contributed by atoms with van der Waals surface area (Å²) >= 11 is 8.13. The van der Waals surface area contributed by atoms with Crippen molar-refractivity contribution in [3.8, 4) is 0 Å². The van der Waals surface area contributed by atoms with E-state index in [-0.39, 0.29) is 11.9 Å². The fourth-order valence-corrected chi connectivity index (χ4v) is 4.06. The van der Waals surface area contributed by atoms with E-state index in [0.29, 0.717) is 28.4 Å². The summed E-state index contributed by atoms with van der Waals surface area (Å²) in [7, 11) is 0. The molecule has 0 amide bonds. The number of rotatable bonds is 3. The first-order chi connectivity index (χ1) is 9.06. The predicted octanol–water partition coefficient (Wildman–Crippen LogP) is 3.30. The van der Waals surface area contributed by atoms with Gasteiger partial charge in [-0.3, -0.25) is 4.90 Å². The number of nitrogens with two attached hydrogens (primary N) is 1. The molecule has 1 aliphatic heterocycles. The van der Waals surface area contributed by atoms with Crippen molar-refractivity contribution in [2.75, 3.05) is 18.8 Å². The van der Waals surface area contributed by atoms with Crippen LogP contribution in [0.4, 0.5) is 4.39 Å². The van der Waals surface area contributed by atoms with E-state index >= 15 is 0 Å². The molecule has 106 valence electrons. The van der Waals surface area contributed by atoms with Crippen LogP contribution in [0.3, 0.4) is 0 Å². The largest absolute Gasteiger partial charge is 0.329 e. The monoisotopic (exact) mass is 302 g/mol. The molecule has 1 aromatic carbocycles. The van der Waals surface area contributed by atoms with Crippen molar-refractivity contribution in [1.29, 1.82) is 0 Å². The molecule has 2 rings (SSSR count). The summed E-state index contributed by atoms with van der Waals surface area (Å²) in [5.41, 5.74) is 6.45. The maximum absolute atomic E-state index is 14.1. The first-order valence-electron chi connectivity index (χ1n) is 6.57. The Bertz CT molecular complexity index is 423. The molecule has 0 aromatic heterocycles. The molecule has 0 aliphatic carbocycles. The number of halogens is 2. The standard InChI is InChI=1S/C14H20ClFN2S/c1-9-10(2)19-7-6-18(9)13(8-17)14-11(15)4-3-5-12(14)16/h3-5,9-10,13H,6-8,17H2,1-2H3. The minimum Gasteiger partial charge on any atom is -0.329 e. The van der Waals surface area contributed by atoms with E-state index in [4.69, 9.17) is 17.3 Å². The molecular formula is C14H20ClFN2S. The molecule has 2 nitrogen and oxygen atoms in total. The van der Waals surface area contributed by atoms with Gasteiger partial charge >= 0.3 is 0 Å². The zero-order valence-corrected chi connectivity index (χ0v) is 12.8. The van der Waals surface area contributed by atoms with Gasteiger partial charge in [-0.25, -0.2) is 4.39 Å². The van der Waals surface area contributed by atoms with Gasteiger partial charge in [0.15, 0.2) is 0 Å². The second-order valence-corrected chi connectivity index (χ2v) is 6.83. The van der Waals surface area contributed by atoms with Crippen molar-refractivity contribution >= 4 is 23.4 Å². The predicted molar refractivity (Wildman–Crippen MR) is 81.3 cm³/mol. The van der Waals surface area contributed by atoms with E-state index in [0.717, 1.165) is 12.3 Å². The lowest BCUT2D eigenvalue weighted by molar-refractivity contribution is 0.148. The van der Waals surface area contributed by atoms with Crippen LogP contribution >= 0.6 is 23.4 Å². The third-order valence-electron chi connectivity index (χ3n) is 3.89. The highest BCUT2D eigenvalue weighted by molar-refractivity contribution is 8.00. The quantitative estimate of drug-likeness (QED) is 0.929. The lowest BCUT2D eigenvalue weighted by Crippen LogP contribution is -2.48. The molecular weight excluding hydrogens is 283 g/mol. The second kappa shape index (κ2) is 6.44. The summed E-state index contributed by atoms with van der Waals surface area (Å²) in [6, 6.07) is 5.04. The van der Waals surface area contributed by atoms with Crippen LogP contribution in [0.1, 0.15) is 25.5 Å². The molecule has 19 heavy (non-hydrogen) atoms. The van der Waals surface area contributed by atoms with Crippen molar-refractivity contribution in [3.05, 3.63) is 34.6 Å². The van der Waals surface area contributed by atoms with E-state index in [2.05, 4.69) is 18.7 Å². The number of hydrogen-bond donors (Lipinski definition) is 1. The van der Waals surface area contributed by atoms with Crippen LogP contribution in [0.15, 0.2) is 18.2 Å². The molecule has 1 aliphatic rings. The lowest BCUT2D eigenvalue weighted by atomic mass is 10.0. The second-order valence-electron chi connectivity index (χ2n) is 4.94. The van der Waals surface area contributed by atoms with Gasteiger partial charge in [-0.1, -0.05) is 24.6 Å². The first kappa shape index (κ1) is 15.1. The Morgan fingerprint density at radius 2 is 2.26 bits per heavy atom. The zero-order valence-electron chi connectivity index (χ0n) is 11.3. The fourth-order valence-electron chi connectivity index (χ4n) is 2.64. The Kier molecular flexibility index (Phi) is 5.12. The number of thioether (sulfide) groups is 1. The molecule has 1 aromatic rings. The Hall–Kier alpha value is -0.290. The Morgan fingerprint density at radius 1 is 1.53 bits per heavy atom. The zero-order chi connectivity index (χ0) is 14.0. The van der Waals surface area contributed by atoms with Crippen LogP contribution in [0.2, 0.25) is 5.02 Å². The number of hydrogen-bond acceptors (Lipinski definition) is 3. The minimum absolute atomic E-state index is 0.146. The molecule has 5 heteroatoms. The van der Waals surface area contributed by atoms with Crippen molar-refractivity contribution in [3.63, 3.8) is 0 Å². The van der Waals surface area contributed by atoms with Gasteiger partial charge in [0, 0.05) is 40.7 Å². The summed E-state index contributed by atoms with van der Waals surface area (Å²) in [5, 5.41) is 0.988. The molecule has 0 saturated carbocycles. The molecule has 3 unspecified atom stereocenters. The SMILES string of the molecule is CC1SCCN(C(CN)c2c(F)cccc2Cl)C1C. The molecule has 1 fully saturated rings. The van der Waals surface area contributed by atoms with Crippen LogP contribution < -0.4 is 5.73 Å². The van der Waals surface area contributed by atoms with Gasteiger partial charge in [0.1, 0.15) is 5.82 Å². The van der Waals surface area contributed by atoms with Crippen LogP contribution in [0.5, 0.6) is 0 Å². The summed E-state index contributed by atoms with van der Waals surface area (Å²) in [6.07, 6.45) is 0. The molecule has 0 spiro atoms. The van der Waals surface area contributed by atoms with Crippen molar-refractivity contribution < 1.29 is 4.39 Å². The minimum atomic E-state index is -0.263. The highest BCUT2D eigenvalue weighted by Crippen LogP contribution is 2.35. The van der Waals surface area contributed by atoms with Crippen LogP contribution in [0.25, 0.3) is 0 Å². The van der Waals surface area contributed by atoms with Crippen LogP contribution in [0, 0.1) is 5.82 Å². The topological polar surface area (TPSA) is 29.3 Å². The number of nitrogens with zero attached hydrogens (tertiary/aromatic N) is 1. The highest BCUT2D eigenvalue weighted by atomic mass is 35.5. The lowest BCUT2D eigenvalue weighted by Gasteiger charge is -2.42. The van der Waals surface area contributed by atoms with E-state index < -0.39 is 0 Å². The molecule has 1 heterocycles. The Morgan fingerprint density at radius 3 is 2.89 bits per heavy atom. The van der Waals surface area contributed by atoms with Crippen LogP contribution in [-0.4, -0.2) is 35.0 Å². The molecule has 3 atom stereocenters. The van der Waals surface area contributed by atoms with Gasteiger partial charge in [0.05, 0.1) is 6.04 Å². The van der Waals surface area contributed by atoms with Crippen LogP contribution in [-0.2, 0) is 0 Å². The average molecular weight is 303 g/mol. The van der Waals surface area contributed by atoms with E-state index in [1.165, 1.54) is 6.07 Å². The number of benzene rings is 1. The van der Waals surface area contributed by atoms with E-state index in [1.807, 2.05) is 11.8 Å². The maximum atomic E-state index is 14.1. The smallest absolute Gasteiger partial charge is 0.129 e. The third-order valence-corrected chi connectivity index (χ3v) is 5.56. The van der Waals surface area contributed by atoms with Crippen molar-refractivity contribution in [2.24, 2.45) is 5.73 Å². The van der Waals surface area contributed by atoms with Crippen molar-refractivity contribution in [2.45, 2.75) is 31.2 Å². The highest BCUT2D eigenvalue weighted by Gasteiger charge is 2.32. The maximum Gasteiger partial charge on any atom is 0.129 e. The van der Waals surface area contributed by atoms with Gasteiger partial charge in [-0.2, -0.15) is 11.8 Å². The van der Waals surface area contributed by atoms with E-state index in [9.17, 15) is 4.39 Å². The fraction of sp³-hybridized carbons (Fsp3) is 0.571. The normalized spacial score (nSPS) is 26.4. The average Bonchev–Trinajstić information content (AvgIpc) is 2.38. The summed E-state index contributed by atoms with van der Waals surface area (Å²) in [4.78, 5) is 2.28. The Labute approximate surface area is 123 Å². The van der Waals surface area contributed by atoms with E-state index in [1.54, 1.807) is 12.1 Å². The summed E-state index contributed by atoms with van der Waals surface area (Å²) in [6.45, 7) is 5.68. The summed E-state index contributed by atoms with van der Waals surface area (Å²) in [5.74, 6) is 0.787. The van der Waals surface area contributed by atoms with Gasteiger partial charge < -0.3 is 5.73 Å².